The number of rotatable bonds is 3. The Bertz CT molecular complexity index is 1920. The molecule has 0 fully saturated rings. The van der Waals surface area contributed by atoms with Crippen molar-refractivity contribution in [1.29, 1.82) is 0 Å². The second kappa shape index (κ2) is 11.5. The number of aromatic nitrogens is 4. The van der Waals surface area contributed by atoms with E-state index in [0.29, 0.717) is 24.0 Å². The molecule has 0 saturated heterocycles. The van der Waals surface area contributed by atoms with Crippen molar-refractivity contribution in [2.24, 2.45) is 5.92 Å². The third-order valence-electron chi connectivity index (χ3n) is 9.09. The fourth-order valence-corrected chi connectivity index (χ4v) is 8.09. The summed E-state index contributed by atoms with van der Waals surface area (Å²) < 4.78 is 15.4. The van der Waals surface area contributed by atoms with Crippen LogP contribution in [-0.2, 0) is 16.1 Å². The van der Waals surface area contributed by atoms with Crippen LogP contribution >= 0.6 is 11.3 Å². The second-order valence-electron chi connectivity index (χ2n) is 13.7. The summed E-state index contributed by atoms with van der Waals surface area (Å²) in [5, 5.41) is 20.4. The van der Waals surface area contributed by atoms with Crippen molar-refractivity contribution >= 4 is 38.6 Å². The zero-order valence-corrected chi connectivity index (χ0v) is 27.4. The van der Waals surface area contributed by atoms with Crippen LogP contribution in [0.15, 0.2) is 42.5 Å². The smallest absolute Gasteiger partial charge is 0.337 e. The van der Waals surface area contributed by atoms with Gasteiger partial charge in [-0.15, -0.1) is 16.4 Å². The van der Waals surface area contributed by atoms with Crippen molar-refractivity contribution in [2.75, 3.05) is 6.61 Å². The third-order valence-corrected chi connectivity index (χ3v) is 10.2. The lowest BCUT2D eigenvalue weighted by atomic mass is 9.84. The van der Waals surface area contributed by atoms with Crippen LogP contribution in [-0.4, -0.2) is 43.3 Å². The van der Waals surface area contributed by atoms with E-state index in [4.69, 9.17) is 14.5 Å². The van der Waals surface area contributed by atoms with E-state index >= 15 is 0 Å². The van der Waals surface area contributed by atoms with Gasteiger partial charge in [-0.2, -0.15) is 0 Å². The van der Waals surface area contributed by atoms with Gasteiger partial charge in [0, 0.05) is 23.2 Å². The second-order valence-corrected chi connectivity index (χ2v) is 14.7. The quantitative estimate of drug-likeness (QED) is 0.214. The van der Waals surface area contributed by atoms with Gasteiger partial charge >= 0.3 is 5.97 Å². The van der Waals surface area contributed by atoms with Crippen LogP contribution < -0.4 is 4.74 Å². The summed E-state index contributed by atoms with van der Waals surface area (Å²) in [7, 11) is 0. The van der Waals surface area contributed by atoms with Crippen molar-refractivity contribution in [3.8, 4) is 27.4 Å². The Morgan fingerprint density at radius 1 is 1.07 bits per heavy atom. The lowest BCUT2D eigenvalue weighted by molar-refractivity contribution is -0.160. The van der Waals surface area contributed by atoms with Crippen molar-refractivity contribution in [1.82, 2.24) is 20.0 Å². The standard InChI is InChI=1S/C36H40N4O4S/c1-20-8-6-7-9-22-14-15-43-29-13-11-23(17-25(22)29)31-30(32(35(41)42)44-36(3,4)5)21(2)16-27-33(31)45-34(37-27)24-10-12-26-28(18-24)40(19-20)39-38-26/h10-13,16-18,20,22,32H,6-9,14-15,19H2,1-5H3,(H,41,42)/t20?,22?,32-/m0/s1. The van der Waals surface area contributed by atoms with E-state index in [0.717, 1.165) is 92.9 Å². The number of ether oxygens (including phenoxy) is 2. The lowest BCUT2D eigenvalue weighted by Gasteiger charge is -2.29. The maximum Gasteiger partial charge on any atom is 0.337 e. The molecule has 7 rings (SSSR count). The molecule has 5 aromatic rings. The fourth-order valence-electron chi connectivity index (χ4n) is 6.97. The normalized spacial score (nSPS) is 19.4. The largest absolute Gasteiger partial charge is 0.493 e. The van der Waals surface area contributed by atoms with E-state index in [9.17, 15) is 9.90 Å². The Balaban J connectivity index is 1.50. The van der Waals surface area contributed by atoms with Crippen molar-refractivity contribution < 1.29 is 19.4 Å². The van der Waals surface area contributed by atoms with E-state index < -0.39 is 17.7 Å². The van der Waals surface area contributed by atoms with E-state index in [-0.39, 0.29) is 0 Å². The third kappa shape index (κ3) is 5.72. The number of aliphatic carboxylic acids is 1. The van der Waals surface area contributed by atoms with E-state index in [1.165, 1.54) is 5.56 Å². The Kier molecular flexibility index (Phi) is 7.64. The predicted octanol–water partition coefficient (Wildman–Crippen LogP) is 8.70. The number of nitrogens with zero attached hydrogens (tertiary/aromatic N) is 4. The number of aryl methyl sites for hydroxylation is 1. The van der Waals surface area contributed by atoms with Gasteiger partial charge in [0.2, 0.25) is 0 Å². The van der Waals surface area contributed by atoms with Crippen LogP contribution in [0.25, 0.3) is 42.9 Å². The Morgan fingerprint density at radius 3 is 2.67 bits per heavy atom. The van der Waals surface area contributed by atoms with Gasteiger partial charge in [-0.1, -0.05) is 31.0 Å². The van der Waals surface area contributed by atoms with E-state index in [1.807, 2.05) is 44.5 Å². The molecule has 0 spiro atoms. The van der Waals surface area contributed by atoms with Crippen LogP contribution in [0, 0.1) is 12.8 Å². The molecule has 9 heteroatoms. The average molecular weight is 625 g/mol. The summed E-state index contributed by atoms with van der Waals surface area (Å²) in [4.78, 5) is 18.0. The molecule has 0 aliphatic carbocycles. The Hall–Kier alpha value is -3.82. The van der Waals surface area contributed by atoms with Crippen LogP contribution in [0.2, 0.25) is 0 Å². The molecule has 2 aliphatic heterocycles. The number of thiazole rings is 1. The van der Waals surface area contributed by atoms with Crippen LogP contribution in [0.3, 0.4) is 0 Å². The highest BCUT2D eigenvalue weighted by molar-refractivity contribution is 7.22. The topological polar surface area (TPSA) is 99.4 Å². The first kappa shape index (κ1) is 29.9. The lowest BCUT2D eigenvalue weighted by Crippen LogP contribution is -2.28. The molecule has 6 bridgehead atoms. The van der Waals surface area contributed by atoms with Crippen LogP contribution in [0.5, 0.6) is 5.75 Å². The molecule has 2 unspecified atom stereocenters. The molecular formula is C36H40N4O4S. The molecule has 0 radical (unpaired) electrons. The van der Waals surface area contributed by atoms with Gasteiger partial charge < -0.3 is 14.6 Å². The van der Waals surface area contributed by atoms with E-state index in [1.54, 1.807) is 11.3 Å². The molecule has 8 nitrogen and oxygen atoms in total. The minimum Gasteiger partial charge on any atom is -0.493 e. The van der Waals surface area contributed by atoms with Crippen LogP contribution in [0.4, 0.5) is 0 Å². The number of carboxylic acid groups (broad SMARTS) is 1. The van der Waals surface area contributed by atoms with E-state index in [2.05, 4.69) is 47.6 Å². The predicted molar refractivity (Wildman–Crippen MR) is 178 cm³/mol. The molecule has 2 aliphatic rings. The number of hydrogen-bond donors (Lipinski definition) is 1. The van der Waals surface area contributed by atoms with Crippen molar-refractivity contribution in [2.45, 2.75) is 90.9 Å². The zero-order valence-electron chi connectivity index (χ0n) is 26.6. The summed E-state index contributed by atoms with van der Waals surface area (Å²) in [5.41, 5.74) is 7.62. The van der Waals surface area contributed by atoms with Crippen molar-refractivity contribution in [3.05, 3.63) is 59.2 Å². The SMILES string of the molecule is Cc1cc2nc3sc2c(c1[C@H](OC(C)(C)C)C(=O)O)-c1ccc2c(c1)C(CCCCC(C)Cn1nnc4ccc-3cc41)CCO2. The number of hydrogen-bond acceptors (Lipinski definition) is 7. The molecule has 0 saturated carbocycles. The maximum atomic E-state index is 12.9. The van der Waals surface area contributed by atoms with Crippen molar-refractivity contribution in [3.63, 3.8) is 0 Å². The van der Waals surface area contributed by atoms with Gasteiger partial charge in [-0.3, -0.25) is 0 Å². The van der Waals surface area contributed by atoms with Gasteiger partial charge in [0.25, 0.3) is 0 Å². The first-order valence-electron chi connectivity index (χ1n) is 16.0. The summed E-state index contributed by atoms with van der Waals surface area (Å²) in [6, 6.07) is 14.6. The summed E-state index contributed by atoms with van der Waals surface area (Å²) in [6.07, 6.45) is 4.34. The van der Waals surface area contributed by atoms with Gasteiger partial charge in [0.15, 0.2) is 6.10 Å². The molecule has 3 aromatic carbocycles. The number of benzene rings is 3. The molecule has 2 aromatic heterocycles. The minimum atomic E-state index is -1.14. The Labute approximate surface area is 267 Å². The molecular weight excluding hydrogens is 584 g/mol. The zero-order chi connectivity index (χ0) is 31.5. The highest BCUT2D eigenvalue weighted by Crippen LogP contribution is 2.47. The molecule has 3 atom stereocenters. The highest BCUT2D eigenvalue weighted by Gasteiger charge is 2.33. The van der Waals surface area contributed by atoms with Gasteiger partial charge in [-0.25, -0.2) is 14.5 Å². The maximum absolute atomic E-state index is 12.9. The Morgan fingerprint density at radius 2 is 1.87 bits per heavy atom. The monoisotopic (exact) mass is 624 g/mol. The van der Waals surface area contributed by atoms with Crippen LogP contribution in [0.1, 0.15) is 88.5 Å². The summed E-state index contributed by atoms with van der Waals surface area (Å²) >= 11 is 1.59. The number of carboxylic acids is 1. The minimum absolute atomic E-state index is 0.388. The van der Waals surface area contributed by atoms with Gasteiger partial charge in [0.05, 0.1) is 27.9 Å². The number of fused-ring (bicyclic) bond motifs is 5. The molecule has 45 heavy (non-hydrogen) atoms. The summed E-state index contributed by atoms with van der Waals surface area (Å²) in [5.74, 6) is 0.794. The van der Waals surface area contributed by atoms with Gasteiger partial charge in [-0.05, 0) is 112 Å². The number of carbonyl (C=O) groups is 1. The first-order chi connectivity index (χ1) is 21.6. The fraction of sp³-hybridized carbons (Fsp3) is 0.444. The molecule has 4 heterocycles. The molecule has 234 valence electrons. The van der Waals surface area contributed by atoms with Gasteiger partial charge in [0.1, 0.15) is 16.3 Å². The highest BCUT2D eigenvalue weighted by atomic mass is 32.1. The first-order valence-corrected chi connectivity index (χ1v) is 16.8. The molecule has 1 N–H and O–H groups in total. The average Bonchev–Trinajstić information content (AvgIpc) is 3.60. The molecule has 0 amide bonds. The summed E-state index contributed by atoms with van der Waals surface area (Å²) in [6.45, 7) is 11.5.